The number of benzene rings is 1. The number of Topliss-reactive ketones (excluding diaryl/α,β-unsaturated/α-hetero) is 1. The minimum atomic E-state index is -1.15. The second-order valence-corrected chi connectivity index (χ2v) is 9.27. The third-order valence-electron chi connectivity index (χ3n) is 6.13. The fourth-order valence-corrected chi connectivity index (χ4v) is 4.21. The summed E-state index contributed by atoms with van der Waals surface area (Å²) in [7, 11) is 1.41. The molecule has 0 radical (unpaired) electrons. The first-order valence-electron chi connectivity index (χ1n) is 11.6. The van der Waals surface area contributed by atoms with E-state index in [1.54, 1.807) is 52.8 Å². The molecule has 1 aromatic carbocycles. The lowest BCUT2D eigenvalue weighted by Crippen LogP contribution is -2.32. The number of carbonyl (C=O) groups is 3. The van der Waals surface area contributed by atoms with Crippen LogP contribution in [0.15, 0.2) is 30.1 Å². The van der Waals surface area contributed by atoms with E-state index >= 15 is 0 Å². The van der Waals surface area contributed by atoms with Crippen molar-refractivity contribution >= 4 is 37.2 Å². The number of aromatic hydroxyl groups is 1. The van der Waals surface area contributed by atoms with Crippen LogP contribution in [0.25, 0.3) is 6.08 Å². The van der Waals surface area contributed by atoms with Gasteiger partial charge in [-0.25, -0.2) is 9.18 Å². The van der Waals surface area contributed by atoms with Crippen LogP contribution in [0.1, 0.15) is 57.0 Å². The van der Waals surface area contributed by atoms with E-state index in [4.69, 9.17) is 14.2 Å². The second kappa shape index (κ2) is 10.3. The van der Waals surface area contributed by atoms with Crippen molar-refractivity contribution in [3.8, 4) is 5.75 Å². The molecule has 1 fully saturated rings. The van der Waals surface area contributed by atoms with Crippen LogP contribution in [0.3, 0.4) is 0 Å². The molecular weight excluding hydrogens is 456 g/mol. The number of nitrogens with zero attached hydrogens (tertiary/aromatic N) is 1. The Kier molecular flexibility index (Phi) is 7.86. The number of ether oxygens (including phenoxy) is 3. The minimum Gasteiger partial charge on any atom is -0.507 e. The van der Waals surface area contributed by atoms with Gasteiger partial charge < -0.3 is 24.2 Å². The van der Waals surface area contributed by atoms with Gasteiger partial charge in [-0.1, -0.05) is 19.1 Å². The number of rotatable bonds is 2. The smallest absolute Gasteiger partial charge is 0.342 e. The number of carbonyl (C=O) groups excluding carboxylic acids is 3. The number of halogens is 1. The van der Waals surface area contributed by atoms with Crippen molar-refractivity contribution in [2.75, 3.05) is 11.4 Å². The molecule has 2 aliphatic rings. The van der Waals surface area contributed by atoms with Crippen LogP contribution in [0.4, 0.5) is 14.9 Å². The average molecular weight is 487 g/mol. The van der Waals surface area contributed by atoms with Gasteiger partial charge in [-0.15, -0.1) is 0 Å². The Morgan fingerprint density at radius 3 is 2.57 bits per heavy atom. The van der Waals surface area contributed by atoms with Gasteiger partial charge in [0.15, 0.2) is 23.5 Å². The van der Waals surface area contributed by atoms with Crippen molar-refractivity contribution in [2.45, 2.75) is 65.1 Å². The highest BCUT2D eigenvalue weighted by Crippen LogP contribution is 2.35. The zero-order chi connectivity index (χ0) is 26.1. The first-order valence-corrected chi connectivity index (χ1v) is 11.6. The number of cyclic esters (lactones) is 1. The Hall–Kier alpha value is -2.98. The summed E-state index contributed by atoms with van der Waals surface area (Å²) in [6, 6.07) is 2.94. The van der Waals surface area contributed by atoms with Crippen molar-refractivity contribution in [1.29, 1.82) is 0 Å². The molecule has 0 aromatic heterocycles. The highest BCUT2D eigenvalue weighted by Gasteiger charge is 2.45. The molecule has 2 aliphatic heterocycles. The van der Waals surface area contributed by atoms with Crippen LogP contribution in [-0.4, -0.2) is 61.2 Å². The first-order chi connectivity index (χ1) is 16.3. The van der Waals surface area contributed by atoms with Crippen LogP contribution in [0, 0.1) is 5.92 Å². The average Bonchev–Trinajstić information content (AvgIpc) is 3.06. The van der Waals surface area contributed by atoms with E-state index in [2.05, 4.69) is 0 Å². The lowest BCUT2D eigenvalue weighted by Gasteiger charge is -2.23. The van der Waals surface area contributed by atoms with Crippen LogP contribution in [-0.2, 0) is 19.0 Å². The number of esters is 1. The highest BCUT2D eigenvalue weighted by atomic mass is 19.1. The van der Waals surface area contributed by atoms with E-state index in [1.807, 2.05) is 0 Å². The van der Waals surface area contributed by atoms with E-state index in [0.29, 0.717) is 17.8 Å². The van der Waals surface area contributed by atoms with Gasteiger partial charge in [-0.3, -0.25) is 9.59 Å². The molecule has 1 saturated heterocycles. The molecule has 0 aliphatic carbocycles. The van der Waals surface area contributed by atoms with Crippen LogP contribution in [0.2, 0.25) is 0 Å². The van der Waals surface area contributed by atoms with E-state index in [0.717, 1.165) is 6.08 Å². The van der Waals surface area contributed by atoms with Gasteiger partial charge in [-0.05, 0) is 51.8 Å². The number of phenolic OH excluding ortho intramolecular Hbond substituents is 1. The molecule has 4 atom stereocenters. The molecule has 0 saturated carbocycles. The van der Waals surface area contributed by atoms with Crippen LogP contribution < -0.4 is 4.90 Å². The van der Waals surface area contributed by atoms with Crippen molar-refractivity contribution in [1.82, 2.24) is 0 Å². The maximum Gasteiger partial charge on any atom is 0.342 e. The summed E-state index contributed by atoms with van der Waals surface area (Å²) in [5.41, 5.74) is 0.655. The maximum atomic E-state index is 14.8. The van der Waals surface area contributed by atoms with Gasteiger partial charge in [-0.2, -0.15) is 0 Å². The summed E-state index contributed by atoms with van der Waals surface area (Å²) in [4.78, 5) is 39.3. The molecule has 0 unspecified atom stereocenters. The minimum absolute atomic E-state index is 0.0817. The van der Waals surface area contributed by atoms with Crippen molar-refractivity contribution in [3.05, 3.63) is 41.2 Å². The molecule has 188 valence electrons. The quantitative estimate of drug-likeness (QED) is 0.503. The van der Waals surface area contributed by atoms with Crippen molar-refractivity contribution in [2.24, 2.45) is 5.92 Å². The lowest BCUT2D eigenvalue weighted by molar-refractivity contribution is -0.153. The zero-order valence-electron chi connectivity index (χ0n) is 20.8. The number of fused-ring (bicyclic) bond motifs is 2. The molecule has 0 bridgehead atoms. The number of hydrogen-bond donors (Lipinski definition) is 1. The van der Waals surface area contributed by atoms with Gasteiger partial charge in [0.25, 0.3) is 0 Å². The number of anilines is 1. The first kappa shape index (κ1) is 26.6. The molecule has 1 aromatic rings. The van der Waals surface area contributed by atoms with Gasteiger partial charge >= 0.3 is 5.97 Å². The molecule has 2 heterocycles. The molecular formula is C25H31BFNO7. The SMILES string of the molecule is BC(=O)N(CC)c1cc(O)c2c(c1)/C=C/C[C@@H]1OC(C)(C)O[C@@H]1C(=O)/C(F)=C\[C@@H](C)[C@H](C)OC2=O. The van der Waals surface area contributed by atoms with E-state index in [-0.39, 0.29) is 23.5 Å². The van der Waals surface area contributed by atoms with Crippen molar-refractivity contribution < 1.29 is 38.1 Å². The standard InChI is InChI=1S/C25H31BFNO7/c1-6-28(24(26)32)16-11-15-8-7-9-19-22(35-25(4,5)34-19)21(30)17(27)10-13(2)14(3)33-23(31)20(15)18(29)12-16/h7-8,10-14,19,22,29H,6,9,26H2,1-5H3/b8-7+,17-10+/t13-,14+,19+,22+/m1/s1. The van der Waals surface area contributed by atoms with Crippen LogP contribution >= 0.6 is 0 Å². The Morgan fingerprint density at radius 2 is 1.94 bits per heavy atom. The van der Waals surface area contributed by atoms with Crippen molar-refractivity contribution in [3.63, 3.8) is 0 Å². The molecule has 1 amide bonds. The van der Waals surface area contributed by atoms with E-state index in [9.17, 15) is 23.9 Å². The molecule has 3 rings (SSSR count). The fourth-order valence-electron chi connectivity index (χ4n) is 4.21. The summed E-state index contributed by atoms with van der Waals surface area (Å²) < 4.78 is 31.9. The topological polar surface area (TPSA) is 102 Å². The molecule has 1 N–H and O–H groups in total. The Labute approximate surface area is 205 Å². The van der Waals surface area contributed by atoms with E-state index in [1.165, 1.54) is 18.8 Å². The summed E-state index contributed by atoms with van der Waals surface area (Å²) >= 11 is 0. The van der Waals surface area contributed by atoms with Gasteiger partial charge in [0.2, 0.25) is 13.6 Å². The Balaban J connectivity index is 2.12. The number of amides is 1. The third-order valence-corrected chi connectivity index (χ3v) is 6.13. The zero-order valence-corrected chi connectivity index (χ0v) is 20.8. The third kappa shape index (κ3) is 5.82. The van der Waals surface area contributed by atoms with Crippen LogP contribution in [0.5, 0.6) is 5.75 Å². The Morgan fingerprint density at radius 1 is 1.26 bits per heavy atom. The Bertz CT molecular complexity index is 1080. The predicted molar refractivity (Wildman–Crippen MR) is 131 cm³/mol. The second-order valence-electron chi connectivity index (χ2n) is 9.27. The highest BCUT2D eigenvalue weighted by molar-refractivity contribution is 6.60. The summed E-state index contributed by atoms with van der Waals surface area (Å²) in [6.07, 6.45) is 1.78. The maximum absolute atomic E-state index is 14.8. The summed E-state index contributed by atoms with van der Waals surface area (Å²) in [5.74, 6) is -4.95. The number of ketones is 1. The normalized spacial score (nSPS) is 29.1. The monoisotopic (exact) mass is 487 g/mol. The van der Waals surface area contributed by atoms with Gasteiger partial charge in [0.1, 0.15) is 17.4 Å². The molecule has 0 spiro atoms. The summed E-state index contributed by atoms with van der Waals surface area (Å²) in [6.45, 7) is 8.62. The number of hydrogen-bond acceptors (Lipinski definition) is 7. The fraction of sp³-hybridized carbons (Fsp3) is 0.480. The lowest BCUT2D eigenvalue weighted by atomic mass is 9.98. The van der Waals surface area contributed by atoms with Gasteiger partial charge in [0, 0.05) is 24.2 Å². The number of phenols is 1. The molecule has 8 nitrogen and oxygen atoms in total. The van der Waals surface area contributed by atoms with E-state index < -0.39 is 47.6 Å². The molecule has 35 heavy (non-hydrogen) atoms. The summed E-state index contributed by atoms with van der Waals surface area (Å²) in [5, 5.41) is 10.8. The largest absolute Gasteiger partial charge is 0.507 e. The van der Waals surface area contributed by atoms with Gasteiger partial charge in [0.05, 0.1) is 6.10 Å². The molecule has 10 heteroatoms. The predicted octanol–water partition coefficient (Wildman–Crippen LogP) is 3.51.